The molecule has 0 unspecified atom stereocenters. The molecule has 0 radical (unpaired) electrons. The molecule has 3 aromatic rings. The highest BCUT2D eigenvalue weighted by Gasteiger charge is 2.37. The Morgan fingerprint density at radius 3 is 1.45 bits per heavy atom. The molecule has 176 valence electrons. The highest BCUT2D eigenvalue weighted by Crippen LogP contribution is 2.28. The Morgan fingerprint density at radius 1 is 0.515 bits per heavy atom. The number of nitrogens with zero attached hydrogens (tertiary/aromatic N) is 1. The number of nitrogens with one attached hydrogen (secondary N) is 1. The molecular formula is C19H18N2O8S4. The topological polar surface area (TPSA) is 152 Å². The third-order valence-corrected chi connectivity index (χ3v) is 12.4. The smallest absolute Gasteiger partial charge is 0.206 e. The summed E-state index contributed by atoms with van der Waals surface area (Å²) >= 11 is 0. The predicted octanol–water partition coefficient (Wildman–Crippen LogP) is 1.36. The van der Waals surface area contributed by atoms with Crippen LogP contribution in [0.25, 0.3) is 0 Å². The van der Waals surface area contributed by atoms with Crippen molar-refractivity contribution in [3.8, 4) is 0 Å². The second-order valence-electron chi connectivity index (χ2n) is 6.55. The number of sulfonamides is 4. The Hall–Kier alpha value is -2.62. The maximum absolute atomic E-state index is 13.2. The van der Waals surface area contributed by atoms with Gasteiger partial charge in [0.05, 0.1) is 9.79 Å². The number of benzene rings is 3. The standard InChI is InChI=1S/C19H18N2O8S4/c1-21(32(26,27)17-12-6-3-7-13-17)33(28,29)19-15-9-8-14-18(19)31(24,25)20-30(22,23)16-10-4-2-5-11-16/h2-15,20H,1H3. The molecule has 14 heteroatoms. The highest BCUT2D eigenvalue weighted by atomic mass is 32.3. The van der Waals surface area contributed by atoms with Gasteiger partial charge in [0.15, 0.2) is 0 Å². The summed E-state index contributed by atoms with van der Waals surface area (Å²) in [5.74, 6) is 0. The fraction of sp³-hybridized carbons (Fsp3) is 0.0526. The van der Waals surface area contributed by atoms with Crippen LogP contribution >= 0.6 is 0 Å². The van der Waals surface area contributed by atoms with E-state index >= 15 is 0 Å². The number of rotatable bonds is 8. The molecule has 1 N–H and O–H groups in total. The van der Waals surface area contributed by atoms with Gasteiger partial charge in [0, 0.05) is 7.05 Å². The van der Waals surface area contributed by atoms with Crippen LogP contribution in [0.4, 0.5) is 0 Å². The van der Waals surface area contributed by atoms with Gasteiger partial charge in [0.25, 0.3) is 40.1 Å². The molecule has 0 bridgehead atoms. The van der Waals surface area contributed by atoms with E-state index < -0.39 is 49.9 Å². The monoisotopic (exact) mass is 530 g/mol. The van der Waals surface area contributed by atoms with Crippen molar-refractivity contribution in [3.63, 3.8) is 0 Å². The van der Waals surface area contributed by atoms with Crippen LogP contribution in [-0.4, -0.2) is 44.4 Å². The lowest BCUT2D eigenvalue weighted by Crippen LogP contribution is -2.36. The minimum atomic E-state index is -4.96. The average Bonchev–Trinajstić information content (AvgIpc) is 2.79. The first kappa shape index (κ1) is 25.0. The van der Waals surface area contributed by atoms with Gasteiger partial charge < -0.3 is 0 Å². The first-order chi connectivity index (χ1) is 15.3. The second-order valence-corrected chi connectivity index (χ2v) is 14.3. The zero-order valence-corrected chi connectivity index (χ0v) is 20.2. The van der Waals surface area contributed by atoms with Crippen molar-refractivity contribution in [1.29, 1.82) is 0 Å². The van der Waals surface area contributed by atoms with E-state index in [0.29, 0.717) is 0 Å². The fourth-order valence-corrected chi connectivity index (χ4v) is 9.56. The van der Waals surface area contributed by atoms with Gasteiger partial charge in [-0.25, -0.2) is 33.7 Å². The zero-order chi connectivity index (χ0) is 24.5. The summed E-state index contributed by atoms with van der Waals surface area (Å²) in [6, 6.07) is 17.4. The SMILES string of the molecule is CN(S(=O)(=O)c1ccccc1)S(=O)(=O)c1ccccc1S(=O)(=O)NS(=O)(=O)c1ccccc1. The Kier molecular flexibility index (Phi) is 6.79. The van der Waals surface area contributed by atoms with Gasteiger partial charge in [0.2, 0.25) is 0 Å². The molecule has 0 aromatic heterocycles. The van der Waals surface area contributed by atoms with Crippen molar-refractivity contribution in [2.75, 3.05) is 7.05 Å². The van der Waals surface area contributed by atoms with Crippen LogP contribution in [0.5, 0.6) is 0 Å². The van der Waals surface area contributed by atoms with Crippen LogP contribution in [0.1, 0.15) is 0 Å². The molecule has 0 spiro atoms. The Labute approximate surface area is 192 Å². The minimum Gasteiger partial charge on any atom is -0.206 e. The van der Waals surface area contributed by atoms with E-state index in [4.69, 9.17) is 0 Å². The van der Waals surface area contributed by atoms with Crippen molar-refractivity contribution in [2.45, 2.75) is 19.6 Å². The lowest BCUT2D eigenvalue weighted by Gasteiger charge is -2.19. The van der Waals surface area contributed by atoms with Gasteiger partial charge in [-0.05, 0) is 36.4 Å². The minimum absolute atomic E-state index is 0.0371. The second kappa shape index (κ2) is 8.96. The van der Waals surface area contributed by atoms with Gasteiger partial charge in [-0.3, -0.25) is 0 Å². The van der Waals surface area contributed by atoms with Crippen molar-refractivity contribution >= 4 is 40.1 Å². The lowest BCUT2D eigenvalue weighted by molar-refractivity contribution is 0.522. The van der Waals surface area contributed by atoms with Crippen molar-refractivity contribution < 1.29 is 33.7 Å². The molecule has 0 aliphatic heterocycles. The molecule has 0 saturated carbocycles. The van der Waals surface area contributed by atoms with E-state index in [9.17, 15) is 33.7 Å². The molecule has 33 heavy (non-hydrogen) atoms. The molecule has 0 aliphatic rings. The van der Waals surface area contributed by atoms with Crippen molar-refractivity contribution in [3.05, 3.63) is 84.9 Å². The van der Waals surface area contributed by atoms with Crippen LogP contribution in [0, 0.1) is 0 Å². The lowest BCUT2D eigenvalue weighted by atomic mass is 10.4. The number of hydrogen-bond acceptors (Lipinski definition) is 8. The molecule has 3 rings (SSSR count). The Morgan fingerprint density at radius 2 is 0.939 bits per heavy atom. The fourth-order valence-electron chi connectivity index (χ4n) is 2.73. The molecule has 10 nitrogen and oxygen atoms in total. The summed E-state index contributed by atoms with van der Waals surface area (Å²) in [5, 5.41) is 0. The summed E-state index contributed by atoms with van der Waals surface area (Å²) in [5.41, 5.74) is 0. The summed E-state index contributed by atoms with van der Waals surface area (Å²) < 4.78 is 104. The predicted molar refractivity (Wildman–Crippen MR) is 119 cm³/mol. The van der Waals surface area contributed by atoms with Gasteiger partial charge in [-0.1, -0.05) is 52.2 Å². The normalized spacial score (nSPS) is 13.2. The maximum Gasteiger partial charge on any atom is 0.257 e. The van der Waals surface area contributed by atoms with E-state index in [0.717, 1.165) is 31.3 Å². The first-order valence-electron chi connectivity index (χ1n) is 9.02. The van der Waals surface area contributed by atoms with Crippen molar-refractivity contribution in [2.24, 2.45) is 0 Å². The molecule has 0 aliphatic carbocycles. The molecule has 0 heterocycles. The molecule has 0 saturated heterocycles. The van der Waals surface area contributed by atoms with Crippen LogP contribution in [0.3, 0.4) is 0 Å². The molecule has 3 aromatic carbocycles. The van der Waals surface area contributed by atoms with Gasteiger partial charge >= 0.3 is 0 Å². The summed E-state index contributed by atoms with van der Waals surface area (Å²) in [6.07, 6.45) is 0. The third-order valence-electron chi connectivity index (χ3n) is 4.41. The Bertz CT molecular complexity index is 1590. The van der Waals surface area contributed by atoms with Gasteiger partial charge in [0.1, 0.15) is 9.79 Å². The summed E-state index contributed by atoms with van der Waals surface area (Å²) in [4.78, 5) is -2.54. The van der Waals surface area contributed by atoms with Crippen LogP contribution in [0.2, 0.25) is 0 Å². The summed E-state index contributed by atoms with van der Waals surface area (Å²) in [6.45, 7) is 0. The van der Waals surface area contributed by atoms with Crippen molar-refractivity contribution in [1.82, 2.24) is 7.84 Å². The van der Waals surface area contributed by atoms with E-state index in [-0.39, 0.29) is 13.5 Å². The van der Waals surface area contributed by atoms with Crippen LogP contribution < -0.4 is 4.13 Å². The molecular weight excluding hydrogens is 512 g/mol. The largest absolute Gasteiger partial charge is 0.257 e. The van der Waals surface area contributed by atoms with Crippen LogP contribution in [0.15, 0.2) is 105 Å². The molecule has 0 fully saturated rings. The van der Waals surface area contributed by atoms with E-state index in [1.165, 1.54) is 64.8 Å². The quantitative estimate of drug-likeness (QED) is 0.458. The third kappa shape index (κ3) is 5.00. The molecule has 0 atom stereocenters. The number of hydrogen-bond donors (Lipinski definition) is 1. The van der Waals surface area contributed by atoms with E-state index in [2.05, 4.69) is 0 Å². The van der Waals surface area contributed by atoms with E-state index in [1.807, 2.05) is 0 Å². The molecule has 0 amide bonds. The average molecular weight is 531 g/mol. The van der Waals surface area contributed by atoms with Gasteiger partial charge in [-0.15, -0.1) is 4.13 Å². The van der Waals surface area contributed by atoms with Crippen LogP contribution in [-0.2, 0) is 40.1 Å². The zero-order valence-electron chi connectivity index (χ0n) is 16.9. The van der Waals surface area contributed by atoms with E-state index in [1.54, 1.807) is 0 Å². The highest BCUT2D eigenvalue weighted by molar-refractivity contribution is 8.06. The maximum atomic E-state index is 13.2. The van der Waals surface area contributed by atoms with Gasteiger partial charge in [-0.2, -0.15) is 0 Å². The Balaban J connectivity index is 2.09. The first-order valence-corrected chi connectivity index (χ1v) is 14.9. The summed E-state index contributed by atoms with van der Waals surface area (Å²) in [7, 11) is -18.3.